The smallest absolute Gasteiger partial charge is 0.0590 e. The van der Waals surface area contributed by atoms with Crippen molar-refractivity contribution in [2.45, 2.75) is 46.0 Å². The van der Waals surface area contributed by atoms with Crippen LogP contribution < -0.4 is 5.32 Å². The van der Waals surface area contributed by atoms with Gasteiger partial charge in [0.05, 0.1) is 6.61 Å². The number of unbranched alkanes of at least 4 members (excludes halogenated alkanes) is 3. The summed E-state index contributed by atoms with van der Waals surface area (Å²) in [6.07, 6.45) is 8.78. The molecule has 1 N–H and O–H groups in total. The van der Waals surface area contributed by atoms with Gasteiger partial charge in [0, 0.05) is 13.2 Å². The Morgan fingerprint density at radius 2 is 1.76 bits per heavy atom. The molecule has 0 spiro atoms. The summed E-state index contributed by atoms with van der Waals surface area (Å²) in [7, 11) is 0. The van der Waals surface area contributed by atoms with E-state index in [4.69, 9.17) is 4.74 Å². The molecule has 0 aliphatic heterocycles. The standard InChI is InChI=1S/C14H31NOS/c1-14(2)8-11-16-12-10-15-9-6-4-5-7-13-17-3/h14-15H,4-13H2,1-3H3. The van der Waals surface area contributed by atoms with Crippen LogP contribution in [0.4, 0.5) is 0 Å². The van der Waals surface area contributed by atoms with E-state index in [-0.39, 0.29) is 0 Å². The summed E-state index contributed by atoms with van der Waals surface area (Å²) >= 11 is 1.95. The third-order valence-corrected chi connectivity index (χ3v) is 3.41. The molecule has 0 rings (SSSR count). The Labute approximate surface area is 112 Å². The average molecular weight is 261 g/mol. The van der Waals surface area contributed by atoms with Crippen molar-refractivity contribution in [1.29, 1.82) is 0 Å². The number of hydrogen-bond donors (Lipinski definition) is 1. The van der Waals surface area contributed by atoms with E-state index >= 15 is 0 Å². The largest absolute Gasteiger partial charge is 0.380 e. The summed E-state index contributed by atoms with van der Waals surface area (Å²) in [6, 6.07) is 0. The van der Waals surface area contributed by atoms with Crippen LogP contribution in [0.2, 0.25) is 0 Å². The molecule has 104 valence electrons. The first-order chi connectivity index (χ1) is 8.27. The third kappa shape index (κ3) is 16.3. The number of rotatable bonds is 13. The van der Waals surface area contributed by atoms with Crippen molar-refractivity contribution in [2.75, 3.05) is 38.3 Å². The van der Waals surface area contributed by atoms with Gasteiger partial charge in [0.1, 0.15) is 0 Å². The van der Waals surface area contributed by atoms with Crippen LogP contribution in [0.1, 0.15) is 46.0 Å². The maximum Gasteiger partial charge on any atom is 0.0590 e. The van der Waals surface area contributed by atoms with Crippen LogP contribution in [0.5, 0.6) is 0 Å². The lowest BCUT2D eigenvalue weighted by Gasteiger charge is -2.07. The van der Waals surface area contributed by atoms with Crippen molar-refractivity contribution in [2.24, 2.45) is 5.92 Å². The Morgan fingerprint density at radius 1 is 1.00 bits per heavy atom. The topological polar surface area (TPSA) is 21.3 Å². The lowest BCUT2D eigenvalue weighted by Crippen LogP contribution is -2.21. The van der Waals surface area contributed by atoms with Crippen LogP contribution >= 0.6 is 11.8 Å². The fraction of sp³-hybridized carbons (Fsp3) is 1.00. The molecule has 0 saturated heterocycles. The summed E-state index contributed by atoms with van der Waals surface area (Å²) in [5, 5.41) is 3.43. The number of thioether (sulfide) groups is 1. The van der Waals surface area contributed by atoms with Gasteiger partial charge in [0.25, 0.3) is 0 Å². The lowest BCUT2D eigenvalue weighted by atomic mass is 10.1. The van der Waals surface area contributed by atoms with Crippen LogP contribution in [0.3, 0.4) is 0 Å². The Morgan fingerprint density at radius 3 is 2.47 bits per heavy atom. The quantitative estimate of drug-likeness (QED) is 0.512. The Bertz CT molecular complexity index is 142. The molecule has 0 atom stereocenters. The van der Waals surface area contributed by atoms with Crippen LogP contribution in [0, 0.1) is 5.92 Å². The van der Waals surface area contributed by atoms with Crippen LogP contribution in [0.15, 0.2) is 0 Å². The molecule has 0 aromatic heterocycles. The van der Waals surface area contributed by atoms with Crippen LogP contribution in [-0.4, -0.2) is 38.3 Å². The van der Waals surface area contributed by atoms with E-state index in [1.165, 1.54) is 37.9 Å². The third-order valence-electron chi connectivity index (χ3n) is 2.71. The van der Waals surface area contributed by atoms with Gasteiger partial charge in [-0.2, -0.15) is 11.8 Å². The molecular formula is C14H31NOS. The minimum absolute atomic E-state index is 0.754. The molecule has 0 unspecified atom stereocenters. The van der Waals surface area contributed by atoms with Crippen molar-refractivity contribution in [1.82, 2.24) is 5.32 Å². The molecule has 0 fully saturated rings. The van der Waals surface area contributed by atoms with E-state index in [0.717, 1.165) is 32.2 Å². The molecule has 2 nitrogen and oxygen atoms in total. The number of ether oxygens (including phenoxy) is 1. The maximum absolute atomic E-state index is 5.54. The summed E-state index contributed by atoms with van der Waals surface area (Å²) in [5.74, 6) is 2.07. The van der Waals surface area contributed by atoms with Gasteiger partial charge < -0.3 is 10.1 Å². The van der Waals surface area contributed by atoms with E-state index in [1.807, 2.05) is 11.8 Å². The monoisotopic (exact) mass is 261 g/mol. The first-order valence-corrected chi connectivity index (χ1v) is 8.44. The summed E-state index contributed by atoms with van der Waals surface area (Å²) in [4.78, 5) is 0. The zero-order valence-corrected chi connectivity index (χ0v) is 12.8. The number of hydrogen-bond acceptors (Lipinski definition) is 3. The highest BCUT2D eigenvalue weighted by Crippen LogP contribution is 2.03. The highest BCUT2D eigenvalue weighted by Gasteiger charge is 1.94. The second-order valence-corrected chi connectivity index (χ2v) is 5.94. The Balaban J connectivity index is 2.89. The average Bonchev–Trinajstić information content (AvgIpc) is 2.30. The van der Waals surface area contributed by atoms with Gasteiger partial charge in [-0.1, -0.05) is 26.7 Å². The molecule has 0 bridgehead atoms. The Kier molecular flexibility index (Phi) is 14.6. The van der Waals surface area contributed by atoms with Gasteiger partial charge in [-0.05, 0) is 43.7 Å². The minimum atomic E-state index is 0.754. The second kappa shape index (κ2) is 14.3. The fourth-order valence-corrected chi connectivity index (χ4v) is 2.03. The van der Waals surface area contributed by atoms with Crippen molar-refractivity contribution in [3.63, 3.8) is 0 Å². The number of nitrogens with one attached hydrogen (secondary N) is 1. The zero-order valence-electron chi connectivity index (χ0n) is 12.0. The first kappa shape index (κ1) is 17.3. The van der Waals surface area contributed by atoms with Gasteiger partial charge in [-0.25, -0.2) is 0 Å². The van der Waals surface area contributed by atoms with Crippen LogP contribution in [0.25, 0.3) is 0 Å². The summed E-state index contributed by atoms with van der Waals surface area (Å²) < 4.78 is 5.54. The van der Waals surface area contributed by atoms with E-state index < -0.39 is 0 Å². The van der Waals surface area contributed by atoms with Crippen molar-refractivity contribution in [3.05, 3.63) is 0 Å². The van der Waals surface area contributed by atoms with Crippen molar-refractivity contribution < 1.29 is 4.74 Å². The highest BCUT2D eigenvalue weighted by molar-refractivity contribution is 7.98. The minimum Gasteiger partial charge on any atom is -0.380 e. The maximum atomic E-state index is 5.54. The summed E-state index contributed by atoms with van der Waals surface area (Å²) in [5.41, 5.74) is 0. The lowest BCUT2D eigenvalue weighted by molar-refractivity contribution is 0.125. The van der Waals surface area contributed by atoms with E-state index in [2.05, 4.69) is 25.4 Å². The van der Waals surface area contributed by atoms with Gasteiger partial charge in [0.2, 0.25) is 0 Å². The second-order valence-electron chi connectivity index (χ2n) is 4.95. The van der Waals surface area contributed by atoms with Crippen LogP contribution in [-0.2, 0) is 4.74 Å². The van der Waals surface area contributed by atoms with E-state index in [9.17, 15) is 0 Å². The molecule has 0 radical (unpaired) electrons. The normalized spacial score (nSPS) is 11.3. The SMILES string of the molecule is CSCCCCCCNCCOCCC(C)C. The highest BCUT2D eigenvalue weighted by atomic mass is 32.2. The Hall–Kier alpha value is 0.270. The van der Waals surface area contributed by atoms with E-state index in [1.54, 1.807) is 0 Å². The van der Waals surface area contributed by atoms with Gasteiger partial charge >= 0.3 is 0 Å². The molecule has 3 heteroatoms. The molecule has 0 aromatic rings. The van der Waals surface area contributed by atoms with Gasteiger partial charge in [-0.3, -0.25) is 0 Å². The molecule has 17 heavy (non-hydrogen) atoms. The predicted molar refractivity (Wildman–Crippen MR) is 80.0 cm³/mol. The molecule has 0 saturated carbocycles. The fourth-order valence-electron chi connectivity index (χ4n) is 1.54. The van der Waals surface area contributed by atoms with Gasteiger partial charge in [0.15, 0.2) is 0 Å². The van der Waals surface area contributed by atoms with Crippen molar-refractivity contribution >= 4 is 11.8 Å². The first-order valence-electron chi connectivity index (χ1n) is 7.04. The molecular weight excluding hydrogens is 230 g/mol. The molecule has 0 aromatic carbocycles. The zero-order chi connectivity index (χ0) is 12.8. The van der Waals surface area contributed by atoms with Crippen molar-refractivity contribution in [3.8, 4) is 0 Å². The molecule has 0 aliphatic carbocycles. The summed E-state index contributed by atoms with van der Waals surface area (Å²) in [6.45, 7) is 8.39. The predicted octanol–water partition coefficient (Wildman–Crippen LogP) is 3.56. The molecule has 0 amide bonds. The molecule has 0 heterocycles. The molecule has 0 aliphatic rings. The van der Waals surface area contributed by atoms with Gasteiger partial charge in [-0.15, -0.1) is 0 Å². The van der Waals surface area contributed by atoms with E-state index in [0.29, 0.717) is 0 Å².